The monoisotopic (exact) mass is 736 g/mol. The molecule has 2 aromatic heterocycles. The fraction of sp³-hybridized carbons (Fsp3) is 0.500. The summed E-state index contributed by atoms with van der Waals surface area (Å²) in [5.74, 6) is -0.0325. The molecule has 2 aromatic carbocycles. The van der Waals surface area contributed by atoms with E-state index in [1.165, 1.54) is 44.9 Å². The van der Waals surface area contributed by atoms with Crippen LogP contribution in [0.4, 0.5) is 24.0 Å². The Morgan fingerprint density at radius 1 is 1.14 bits per heavy atom. The second-order valence-electron chi connectivity index (χ2n) is 14.6. The van der Waals surface area contributed by atoms with Gasteiger partial charge in [0.25, 0.3) is 0 Å². The molecule has 266 valence electrons. The number of nitrogens with zero attached hydrogens (tertiary/aromatic N) is 6. The smallest absolute Gasteiger partial charge is 0.318 e. The van der Waals surface area contributed by atoms with Gasteiger partial charge in [0.05, 0.1) is 34.5 Å². The van der Waals surface area contributed by atoms with Gasteiger partial charge in [0.2, 0.25) is 5.91 Å². The van der Waals surface area contributed by atoms with E-state index in [1.807, 2.05) is 15.9 Å². The third-order valence-electron chi connectivity index (χ3n) is 11.4. The molecule has 1 aliphatic carbocycles. The molecule has 51 heavy (non-hydrogen) atoms. The molecule has 6 unspecified atom stereocenters. The zero-order chi connectivity index (χ0) is 35.3. The summed E-state index contributed by atoms with van der Waals surface area (Å²) in [6, 6.07) is 7.12. The molecule has 4 aromatic rings. The molecule has 1 saturated carbocycles. The number of nitrogens with two attached hydrogens (primary N) is 1. The normalized spacial score (nSPS) is 27.9. The number of fused-ring (bicyclic) bond motifs is 5. The summed E-state index contributed by atoms with van der Waals surface area (Å²) in [5.41, 5.74) is 6.28. The second-order valence-corrected chi connectivity index (χ2v) is 16.0. The average Bonchev–Trinajstić information content (AvgIpc) is 4.00. The minimum atomic E-state index is -0.745. The van der Waals surface area contributed by atoms with Gasteiger partial charge in [0.15, 0.2) is 5.82 Å². The van der Waals surface area contributed by atoms with Crippen LogP contribution in [0, 0.1) is 28.9 Å². The summed E-state index contributed by atoms with van der Waals surface area (Å²) in [5, 5.41) is 13.9. The van der Waals surface area contributed by atoms with Gasteiger partial charge in [-0.15, -0.1) is 11.3 Å². The topological polar surface area (TPSA) is 134 Å². The number of carbonyl (C=O) groups is 1. The van der Waals surface area contributed by atoms with E-state index in [2.05, 4.69) is 20.2 Å². The highest BCUT2D eigenvalue weighted by Gasteiger charge is 2.57. The van der Waals surface area contributed by atoms with Crippen LogP contribution in [0.1, 0.15) is 44.1 Å². The van der Waals surface area contributed by atoms with Crippen LogP contribution in [0.2, 0.25) is 5.02 Å². The van der Waals surface area contributed by atoms with Crippen molar-refractivity contribution in [1.82, 2.24) is 25.1 Å². The van der Waals surface area contributed by atoms with Gasteiger partial charge in [-0.2, -0.15) is 15.2 Å². The first kappa shape index (κ1) is 33.0. The van der Waals surface area contributed by atoms with Crippen molar-refractivity contribution in [2.45, 2.75) is 74.9 Å². The number of nitriles is 1. The van der Waals surface area contributed by atoms with Crippen molar-refractivity contribution in [3.8, 4) is 23.2 Å². The molecule has 10 nitrogen and oxygen atoms in total. The number of alkyl halides is 1. The van der Waals surface area contributed by atoms with Gasteiger partial charge < -0.3 is 20.3 Å². The van der Waals surface area contributed by atoms with Crippen LogP contribution >= 0.6 is 22.9 Å². The molecule has 11 rings (SSSR count). The maximum atomic E-state index is 16.5. The van der Waals surface area contributed by atoms with Gasteiger partial charge in [-0.05, 0) is 68.7 Å². The van der Waals surface area contributed by atoms with Crippen LogP contribution in [-0.4, -0.2) is 95.3 Å². The first-order valence-electron chi connectivity index (χ1n) is 17.5. The molecule has 15 heteroatoms. The Morgan fingerprint density at radius 3 is 2.63 bits per heavy atom. The van der Waals surface area contributed by atoms with Crippen molar-refractivity contribution >= 4 is 60.7 Å². The predicted octanol–water partition coefficient (Wildman–Crippen LogP) is 5.64. The highest BCUT2D eigenvalue weighted by molar-refractivity contribution is 7.23. The van der Waals surface area contributed by atoms with Gasteiger partial charge in [0.1, 0.15) is 40.4 Å². The van der Waals surface area contributed by atoms with E-state index >= 15 is 4.39 Å². The third-order valence-corrected chi connectivity index (χ3v) is 12.8. The van der Waals surface area contributed by atoms with Crippen LogP contribution in [0.15, 0.2) is 18.2 Å². The number of methoxy groups -OCH3 is 1. The number of rotatable bonds is 5. The van der Waals surface area contributed by atoms with Crippen molar-refractivity contribution in [2.75, 3.05) is 43.9 Å². The third kappa shape index (κ3) is 5.46. The van der Waals surface area contributed by atoms with Crippen LogP contribution in [0.3, 0.4) is 0 Å². The maximum Gasteiger partial charge on any atom is 0.318 e. The summed E-state index contributed by atoms with van der Waals surface area (Å²) < 4.78 is 49.3. The first-order chi connectivity index (χ1) is 24.6. The Kier molecular flexibility index (Phi) is 7.99. The molecule has 6 aliphatic heterocycles. The number of carbonyl (C=O) groups excluding carboxylic acids is 1. The van der Waals surface area contributed by atoms with Crippen molar-refractivity contribution in [2.24, 2.45) is 5.92 Å². The Balaban J connectivity index is 0.000000335. The average molecular weight is 737 g/mol. The highest BCUT2D eigenvalue weighted by Crippen LogP contribution is 2.47. The molecule has 0 spiro atoms. The lowest BCUT2D eigenvalue weighted by molar-refractivity contribution is -0.145. The van der Waals surface area contributed by atoms with Crippen molar-refractivity contribution in [3.05, 3.63) is 40.4 Å². The number of piperazine rings is 1. The molecule has 1 amide bonds. The Morgan fingerprint density at radius 2 is 1.92 bits per heavy atom. The Labute approximate surface area is 301 Å². The summed E-state index contributed by atoms with van der Waals surface area (Å²) in [6.45, 7) is 2.94. The second kappa shape index (κ2) is 12.4. The standard InChI is InChI=1S/C29H24ClF2N7O2S.C7H12FN/c1-41-29-36-23-15(7-17(30)20(21(23)32)14-4-5-18(31)25-19(14)16(8-33)26(34)42-25)27(37-29)38-9-12-6-13(10-38)39(12)28(40)24-22(35-24)11-2-3-11;8-6-4-7-2-1-3-9(7)5-6/h4-5,7,11-13,22,24,35H,2-3,6,9-10,34H2,1H3;6-7H,1-5H2. The SMILES string of the molecule is COc1nc(N2CC3CC(C2)N3C(=O)C2NC2C2CC2)c2cc(Cl)c(-c3ccc(F)c4sc(N)c(C#N)c34)c(F)c2n1.FC1CC2CCCN2C1. The van der Waals surface area contributed by atoms with E-state index in [9.17, 15) is 18.8 Å². The van der Waals surface area contributed by atoms with Gasteiger partial charge in [-0.3, -0.25) is 15.0 Å². The summed E-state index contributed by atoms with van der Waals surface area (Å²) in [4.78, 5) is 28.4. The fourth-order valence-corrected chi connectivity index (χ4v) is 10.1. The molecule has 6 saturated heterocycles. The van der Waals surface area contributed by atoms with Crippen LogP contribution < -0.4 is 20.7 Å². The lowest BCUT2D eigenvalue weighted by Crippen LogP contribution is -2.71. The number of anilines is 2. The summed E-state index contributed by atoms with van der Waals surface area (Å²) in [6.07, 6.45) is 6.11. The number of piperidine rings is 1. The summed E-state index contributed by atoms with van der Waals surface area (Å²) >= 11 is 7.68. The summed E-state index contributed by atoms with van der Waals surface area (Å²) in [7, 11) is 1.41. The van der Waals surface area contributed by atoms with Crippen molar-refractivity contribution in [3.63, 3.8) is 0 Å². The number of hydrogen-bond acceptors (Lipinski definition) is 10. The van der Waals surface area contributed by atoms with Crippen molar-refractivity contribution in [1.29, 1.82) is 5.26 Å². The molecule has 3 N–H and O–H groups in total. The molecule has 8 heterocycles. The van der Waals surface area contributed by atoms with Gasteiger partial charge in [0, 0.05) is 48.1 Å². The molecule has 6 atom stereocenters. The molecule has 0 radical (unpaired) electrons. The quantitative estimate of drug-likeness (QED) is 0.250. The van der Waals surface area contributed by atoms with Crippen LogP contribution in [0.5, 0.6) is 6.01 Å². The van der Waals surface area contributed by atoms with Gasteiger partial charge >= 0.3 is 6.01 Å². The van der Waals surface area contributed by atoms with Crippen LogP contribution in [0.25, 0.3) is 32.1 Å². The number of benzene rings is 2. The van der Waals surface area contributed by atoms with Crippen molar-refractivity contribution < 1.29 is 22.7 Å². The minimum Gasteiger partial charge on any atom is -0.467 e. The van der Waals surface area contributed by atoms with Crippen LogP contribution in [-0.2, 0) is 4.79 Å². The van der Waals surface area contributed by atoms with E-state index in [0.717, 1.165) is 30.7 Å². The van der Waals surface area contributed by atoms with E-state index < -0.39 is 17.8 Å². The Hall–Kier alpha value is -3.90. The van der Waals surface area contributed by atoms with Gasteiger partial charge in [-0.25, -0.2) is 13.2 Å². The number of nitrogen functional groups attached to an aromatic ring is 1. The number of nitrogens with one attached hydrogen (secondary N) is 1. The van der Waals surface area contributed by atoms with Gasteiger partial charge in [-0.1, -0.05) is 17.7 Å². The number of hydrogen-bond donors (Lipinski definition) is 2. The Bertz CT molecular complexity index is 2120. The zero-order valence-corrected chi connectivity index (χ0v) is 29.4. The minimum absolute atomic E-state index is 0.0166. The molecule has 2 bridgehead atoms. The first-order valence-corrected chi connectivity index (χ1v) is 18.7. The molecular weight excluding hydrogens is 701 g/mol. The van der Waals surface area contributed by atoms with E-state index in [-0.39, 0.29) is 72.4 Å². The number of thiophene rings is 1. The lowest BCUT2D eigenvalue weighted by atomic mass is 9.86. The van der Waals surface area contributed by atoms with E-state index in [0.29, 0.717) is 48.8 Å². The van der Waals surface area contributed by atoms with E-state index in [1.54, 1.807) is 6.07 Å². The fourth-order valence-electron chi connectivity index (χ4n) is 8.82. The largest absolute Gasteiger partial charge is 0.467 e. The number of halogens is 4. The lowest BCUT2D eigenvalue weighted by Gasteiger charge is -2.56. The predicted molar refractivity (Wildman–Crippen MR) is 190 cm³/mol. The van der Waals surface area contributed by atoms with E-state index in [4.69, 9.17) is 22.1 Å². The highest BCUT2D eigenvalue weighted by atomic mass is 35.5. The number of aromatic nitrogens is 2. The zero-order valence-electron chi connectivity index (χ0n) is 27.8. The molecule has 7 fully saturated rings. The molecule has 7 aliphatic rings. The maximum absolute atomic E-state index is 16.5. The number of amides is 1. The molecular formula is C36H36ClF3N8O2S. The number of ether oxygens (including phenoxy) is 1.